The Labute approximate surface area is 120 Å². The van der Waals surface area contributed by atoms with Crippen LogP contribution in [0.2, 0.25) is 0 Å². The van der Waals surface area contributed by atoms with Gasteiger partial charge in [0.25, 0.3) is 0 Å². The first-order valence-electron chi connectivity index (χ1n) is 6.99. The standard InChI is InChI=1S/C17H20N2O/c1-19(16-7-3-4-9-17(16)20-2)15-8-5-6-13-10-11-18-12-14(13)15/h3-9,18H,10-12H2,1-2H3. The van der Waals surface area contributed by atoms with Gasteiger partial charge in [-0.1, -0.05) is 24.3 Å². The smallest absolute Gasteiger partial charge is 0.142 e. The zero-order chi connectivity index (χ0) is 13.9. The Hall–Kier alpha value is -2.00. The van der Waals surface area contributed by atoms with Crippen molar-refractivity contribution in [1.29, 1.82) is 0 Å². The first-order valence-corrected chi connectivity index (χ1v) is 6.99. The summed E-state index contributed by atoms with van der Waals surface area (Å²) in [5.74, 6) is 0.899. The highest BCUT2D eigenvalue weighted by molar-refractivity contribution is 5.71. The molecule has 0 aromatic heterocycles. The maximum Gasteiger partial charge on any atom is 0.142 e. The molecule has 1 aliphatic heterocycles. The molecule has 0 atom stereocenters. The molecule has 1 N–H and O–H groups in total. The van der Waals surface area contributed by atoms with E-state index in [-0.39, 0.29) is 0 Å². The number of nitrogens with one attached hydrogen (secondary N) is 1. The quantitative estimate of drug-likeness (QED) is 0.925. The maximum atomic E-state index is 5.47. The number of hydrogen-bond acceptors (Lipinski definition) is 3. The topological polar surface area (TPSA) is 24.5 Å². The van der Waals surface area contributed by atoms with Crippen molar-refractivity contribution in [2.75, 3.05) is 25.6 Å². The molecule has 2 aromatic carbocycles. The summed E-state index contributed by atoms with van der Waals surface area (Å²) in [7, 11) is 3.82. The molecule has 0 unspecified atom stereocenters. The largest absolute Gasteiger partial charge is 0.495 e. The number of methoxy groups -OCH3 is 1. The van der Waals surface area contributed by atoms with E-state index in [9.17, 15) is 0 Å². The Morgan fingerprint density at radius 1 is 1.05 bits per heavy atom. The van der Waals surface area contributed by atoms with Gasteiger partial charge in [-0.3, -0.25) is 0 Å². The fourth-order valence-corrected chi connectivity index (χ4v) is 2.85. The minimum absolute atomic E-state index is 0.899. The molecule has 0 amide bonds. The van der Waals surface area contributed by atoms with Gasteiger partial charge in [-0.15, -0.1) is 0 Å². The van der Waals surface area contributed by atoms with Gasteiger partial charge >= 0.3 is 0 Å². The number of ether oxygens (including phenoxy) is 1. The van der Waals surface area contributed by atoms with Crippen molar-refractivity contribution in [3.8, 4) is 5.75 Å². The lowest BCUT2D eigenvalue weighted by Crippen LogP contribution is -2.26. The number of nitrogens with zero attached hydrogens (tertiary/aromatic N) is 1. The Balaban J connectivity index is 2.04. The van der Waals surface area contributed by atoms with Crippen molar-refractivity contribution >= 4 is 11.4 Å². The van der Waals surface area contributed by atoms with E-state index < -0.39 is 0 Å². The highest BCUT2D eigenvalue weighted by Gasteiger charge is 2.17. The van der Waals surface area contributed by atoms with Gasteiger partial charge in [-0.25, -0.2) is 0 Å². The number of fused-ring (bicyclic) bond motifs is 1. The van der Waals surface area contributed by atoms with Crippen LogP contribution in [0.5, 0.6) is 5.75 Å². The van der Waals surface area contributed by atoms with Crippen LogP contribution >= 0.6 is 0 Å². The van der Waals surface area contributed by atoms with Crippen molar-refractivity contribution in [3.05, 3.63) is 53.6 Å². The molecular weight excluding hydrogens is 248 g/mol. The second-order valence-corrected chi connectivity index (χ2v) is 5.07. The van der Waals surface area contributed by atoms with E-state index in [2.05, 4.69) is 41.5 Å². The molecule has 0 radical (unpaired) electrons. The third kappa shape index (κ3) is 2.25. The van der Waals surface area contributed by atoms with Crippen molar-refractivity contribution in [2.45, 2.75) is 13.0 Å². The molecule has 0 saturated heterocycles. The summed E-state index contributed by atoms with van der Waals surface area (Å²) in [4.78, 5) is 2.21. The molecule has 104 valence electrons. The summed E-state index contributed by atoms with van der Waals surface area (Å²) in [6.07, 6.45) is 1.10. The summed E-state index contributed by atoms with van der Waals surface area (Å²) >= 11 is 0. The van der Waals surface area contributed by atoms with E-state index >= 15 is 0 Å². The molecule has 2 aromatic rings. The highest BCUT2D eigenvalue weighted by atomic mass is 16.5. The van der Waals surface area contributed by atoms with Crippen LogP contribution < -0.4 is 15.0 Å². The van der Waals surface area contributed by atoms with E-state index in [4.69, 9.17) is 4.74 Å². The van der Waals surface area contributed by atoms with E-state index in [1.165, 1.54) is 16.8 Å². The zero-order valence-electron chi connectivity index (χ0n) is 12.0. The van der Waals surface area contributed by atoms with Crippen molar-refractivity contribution < 1.29 is 4.74 Å². The average Bonchev–Trinajstić information content (AvgIpc) is 2.53. The molecule has 0 spiro atoms. The van der Waals surface area contributed by atoms with Crippen LogP contribution in [-0.4, -0.2) is 20.7 Å². The molecule has 0 fully saturated rings. The van der Waals surface area contributed by atoms with E-state index in [0.717, 1.165) is 30.9 Å². The summed E-state index contributed by atoms with van der Waals surface area (Å²) < 4.78 is 5.47. The van der Waals surface area contributed by atoms with E-state index in [1.54, 1.807) is 7.11 Å². The molecule has 1 aliphatic rings. The lowest BCUT2D eigenvalue weighted by molar-refractivity contribution is 0.415. The highest BCUT2D eigenvalue weighted by Crippen LogP contribution is 2.35. The Morgan fingerprint density at radius 2 is 1.85 bits per heavy atom. The van der Waals surface area contributed by atoms with Gasteiger partial charge in [0.2, 0.25) is 0 Å². The van der Waals surface area contributed by atoms with Gasteiger partial charge in [0, 0.05) is 19.3 Å². The molecule has 3 heteroatoms. The first-order chi connectivity index (χ1) is 9.81. The molecule has 0 bridgehead atoms. The molecule has 0 saturated carbocycles. The van der Waals surface area contributed by atoms with Crippen LogP contribution in [0.4, 0.5) is 11.4 Å². The van der Waals surface area contributed by atoms with Crippen molar-refractivity contribution in [3.63, 3.8) is 0 Å². The number of benzene rings is 2. The predicted octanol–water partition coefficient (Wildman–Crippen LogP) is 3.11. The number of hydrogen-bond donors (Lipinski definition) is 1. The lowest BCUT2D eigenvalue weighted by Gasteiger charge is -2.28. The molecular formula is C17H20N2O. The minimum atomic E-state index is 0.899. The zero-order valence-corrected chi connectivity index (χ0v) is 12.0. The number of anilines is 2. The van der Waals surface area contributed by atoms with Crippen LogP contribution in [0.1, 0.15) is 11.1 Å². The number of para-hydroxylation sites is 2. The van der Waals surface area contributed by atoms with Crippen molar-refractivity contribution in [1.82, 2.24) is 5.32 Å². The van der Waals surface area contributed by atoms with Gasteiger partial charge in [0.1, 0.15) is 5.75 Å². The fraction of sp³-hybridized carbons (Fsp3) is 0.294. The van der Waals surface area contributed by atoms with Crippen LogP contribution in [0.25, 0.3) is 0 Å². The fourth-order valence-electron chi connectivity index (χ4n) is 2.85. The third-order valence-electron chi connectivity index (χ3n) is 3.93. The third-order valence-corrected chi connectivity index (χ3v) is 3.93. The summed E-state index contributed by atoms with van der Waals surface area (Å²) in [5, 5.41) is 3.46. The average molecular weight is 268 g/mol. The van der Waals surface area contributed by atoms with Gasteiger partial charge < -0.3 is 15.0 Å². The molecule has 20 heavy (non-hydrogen) atoms. The molecule has 3 rings (SSSR count). The van der Waals surface area contributed by atoms with Crippen LogP contribution in [-0.2, 0) is 13.0 Å². The normalized spacial score (nSPS) is 13.7. The lowest BCUT2D eigenvalue weighted by atomic mass is 9.98. The van der Waals surface area contributed by atoms with Crippen molar-refractivity contribution in [2.24, 2.45) is 0 Å². The molecule has 1 heterocycles. The van der Waals surface area contributed by atoms with Gasteiger partial charge in [0.05, 0.1) is 12.8 Å². The molecule has 0 aliphatic carbocycles. The Bertz CT molecular complexity index is 610. The van der Waals surface area contributed by atoms with E-state index in [1.807, 2.05) is 18.2 Å². The SMILES string of the molecule is COc1ccccc1N(C)c1cccc2c1CNCC2. The van der Waals surface area contributed by atoms with Gasteiger partial charge in [0.15, 0.2) is 0 Å². The summed E-state index contributed by atoms with van der Waals surface area (Å²) in [6, 6.07) is 14.7. The summed E-state index contributed by atoms with van der Waals surface area (Å²) in [5.41, 5.74) is 5.18. The Kier molecular flexibility index (Phi) is 3.61. The van der Waals surface area contributed by atoms with Crippen LogP contribution in [0, 0.1) is 0 Å². The molecule has 3 nitrogen and oxygen atoms in total. The second-order valence-electron chi connectivity index (χ2n) is 5.07. The predicted molar refractivity (Wildman–Crippen MR) is 82.9 cm³/mol. The van der Waals surface area contributed by atoms with Crippen LogP contribution in [0.15, 0.2) is 42.5 Å². The monoisotopic (exact) mass is 268 g/mol. The Morgan fingerprint density at radius 3 is 2.70 bits per heavy atom. The second kappa shape index (κ2) is 5.55. The first kappa shape index (κ1) is 13.0. The van der Waals surface area contributed by atoms with Gasteiger partial charge in [-0.05, 0) is 42.3 Å². The maximum absolute atomic E-state index is 5.47. The minimum Gasteiger partial charge on any atom is -0.495 e. The number of rotatable bonds is 3. The van der Waals surface area contributed by atoms with E-state index in [0.29, 0.717) is 0 Å². The van der Waals surface area contributed by atoms with Crippen LogP contribution in [0.3, 0.4) is 0 Å². The summed E-state index contributed by atoms with van der Waals surface area (Å²) in [6.45, 7) is 2.00. The van der Waals surface area contributed by atoms with Gasteiger partial charge in [-0.2, -0.15) is 0 Å².